The molecule has 2 rings (SSSR count). The number of ether oxygens (including phenoxy) is 1. The summed E-state index contributed by atoms with van der Waals surface area (Å²) in [5.74, 6) is 0.731. The molecule has 0 spiro atoms. The van der Waals surface area contributed by atoms with Gasteiger partial charge in [-0.2, -0.15) is 0 Å². The number of hydrogen-bond acceptors (Lipinski definition) is 3. The molecule has 0 fully saturated rings. The van der Waals surface area contributed by atoms with Crippen LogP contribution >= 0.6 is 0 Å². The second-order valence-electron chi connectivity index (χ2n) is 6.14. The lowest BCUT2D eigenvalue weighted by Gasteiger charge is -2.17. The number of aromatic nitrogens is 2. The highest BCUT2D eigenvalue weighted by molar-refractivity contribution is 5.76. The van der Waals surface area contributed by atoms with Crippen LogP contribution in [0, 0.1) is 13.8 Å². The van der Waals surface area contributed by atoms with E-state index in [1.165, 1.54) is 11.1 Å². The number of carbonyl (C=O) groups excluding carboxylic acids is 1. The lowest BCUT2D eigenvalue weighted by molar-refractivity contribution is -0.122. The Labute approximate surface area is 144 Å². The van der Waals surface area contributed by atoms with Crippen molar-refractivity contribution in [1.82, 2.24) is 14.9 Å². The summed E-state index contributed by atoms with van der Waals surface area (Å²) in [6, 6.07) is 6.24. The van der Waals surface area contributed by atoms with Crippen LogP contribution < -0.4 is 5.32 Å². The number of carbonyl (C=O) groups is 1. The number of aryl methyl sites for hydroxylation is 2. The standard InChI is InChI=1S/C19H27N3O2/c1-6-24-16(5)19-20-9-10-22(19)12-18(23)21-15(4)17-8-7-13(2)14(3)11-17/h7-11,15-16H,6,12H2,1-5H3,(H,21,23). The normalized spacial score (nSPS) is 13.5. The van der Waals surface area contributed by atoms with E-state index in [0.717, 1.165) is 11.4 Å². The Morgan fingerprint density at radius 2 is 2.04 bits per heavy atom. The first-order valence-corrected chi connectivity index (χ1v) is 8.41. The minimum Gasteiger partial charge on any atom is -0.371 e. The average molecular weight is 329 g/mol. The summed E-state index contributed by atoms with van der Waals surface area (Å²) < 4.78 is 7.40. The highest BCUT2D eigenvalue weighted by Gasteiger charge is 2.16. The second-order valence-corrected chi connectivity index (χ2v) is 6.14. The van der Waals surface area contributed by atoms with Gasteiger partial charge >= 0.3 is 0 Å². The summed E-state index contributed by atoms with van der Waals surface area (Å²) in [4.78, 5) is 16.7. The number of nitrogens with one attached hydrogen (secondary N) is 1. The lowest BCUT2D eigenvalue weighted by Crippen LogP contribution is -2.30. The smallest absolute Gasteiger partial charge is 0.240 e. The number of rotatable bonds is 7. The van der Waals surface area contributed by atoms with E-state index in [2.05, 4.69) is 42.3 Å². The maximum Gasteiger partial charge on any atom is 0.240 e. The molecule has 1 amide bonds. The molecule has 0 radical (unpaired) electrons. The van der Waals surface area contributed by atoms with Crippen LogP contribution in [-0.4, -0.2) is 22.1 Å². The first-order chi connectivity index (χ1) is 11.4. The van der Waals surface area contributed by atoms with Gasteiger partial charge in [0.2, 0.25) is 5.91 Å². The molecule has 2 atom stereocenters. The van der Waals surface area contributed by atoms with E-state index in [1.807, 2.05) is 31.5 Å². The SMILES string of the molecule is CCOC(C)c1nccn1CC(=O)NC(C)c1ccc(C)c(C)c1. The van der Waals surface area contributed by atoms with Crippen molar-refractivity contribution >= 4 is 5.91 Å². The maximum atomic E-state index is 12.4. The zero-order chi connectivity index (χ0) is 17.7. The molecule has 2 unspecified atom stereocenters. The number of benzene rings is 1. The molecule has 1 heterocycles. The Morgan fingerprint density at radius 3 is 2.71 bits per heavy atom. The highest BCUT2D eigenvalue weighted by Crippen LogP contribution is 2.17. The van der Waals surface area contributed by atoms with Gasteiger partial charge in [-0.3, -0.25) is 4.79 Å². The van der Waals surface area contributed by atoms with E-state index >= 15 is 0 Å². The van der Waals surface area contributed by atoms with Gasteiger partial charge in [0.25, 0.3) is 0 Å². The van der Waals surface area contributed by atoms with E-state index < -0.39 is 0 Å². The minimum absolute atomic E-state index is 0.0342. The molecular weight excluding hydrogens is 302 g/mol. The predicted octanol–water partition coefficient (Wildman–Crippen LogP) is 3.47. The van der Waals surface area contributed by atoms with Gasteiger partial charge in [-0.15, -0.1) is 0 Å². The van der Waals surface area contributed by atoms with Crippen molar-refractivity contribution in [1.29, 1.82) is 0 Å². The van der Waals surface area contributed by atoms with Gasteiger partial charge in [0.1, 0.15) is 18.5 Å². The second kappa shape index (κ2) is 8.11. The van der Waals surface area contributed by atoms with Gasteiger partial charge in [0, 0.05) is 19.0 Å². The molecule has 2 aromatic rings. The van der Waals surface area contributed by atoms with Crippen LogP contribution in [0.5, 0.6) is 0 Å². The van der Waals surface area contributed by atoms with Crippen molar-refractivity contribution < 1.29 is 9.53 Å². The Kier molecular flexibility index (Phi) is 6.15. The molecule has 5 nitrogen and oxygen atoms in total. The summed E-state index contributed by atoms with van der Waals surface area (Å²) in [7, 11) is 0. The first-order valence-electron chi connectivity index (χ1n) is 8.41. The number of nitrogens with zero attached hydrogens (tertiary/aromatic N) is 2. The Hall–Kier alpha value is -2.14. The molecule has 130 valence electrons. The molecule has 0 bridgehead atoms. The van der Waals surface area contributed by atoms with Crippen molar-refractivity contribution in [2.45, 2.75) is 53.3 Å². The number of amides is 1. The van der Waals surface area contributed by atoms with E-state index in [4.69, 9.17) is 4.74 Å². The first kappa shape index (κ1) is 18.2. The van der Waals surface area contributed by atoms with Crippen molar-refractivity contribution in [2.75, 3.05) is 6.61 Å². The molecule has 1 aromatic heterocycles. The van der Waals surface area contributed by atoms with Crippen LogP contribution in [0.25, 0.3) is 0 Å². The van der Waals surface area contributed by atoms with Crippen molar-refractivity contribution in [2.24, 2.45) is 0 Å². The van der Waals surface area contributed by atoms with Gasteiger partial charge in [-0.25, -0.2) is 4.98 Å². The fraction of sp³-hybridized carbons (Fsp3) is 0.474. The molecule has 0 saturated carbocycles. The zero-order valence-electron chi connectivity index (χ0n) is 15.2. The van der Waals surface area contributed by atoms with Gasteiger partial charge in [0.15, 0.2) is 0 Å². The molecule has 24 heavy (non-hydrogen) atoms. The summed E-state index contributed by atoms with van der Waals surface area (Å²) in [5.41, 5.74) is 3.60. The molecular formula is C19H27N3O2. The summed E-state index contributed by atoms with van der Waals surface area (Å²) in [6.45, 7) is 10.9. The van der Waals surface area contributed by atoms with Crippen LogP contribution in [-0.2, 0) is 16.1 Å². The monoisotopic (exact) mass is 329 g/mol. The van der Waals surface area contributed by atoms with Crippen LogP contribution in [0.3, 0.4) is 0 Å². The van der Waals surface area contributed by atoms with Crippen LogP contribution in [0.15, 0.2) is 30.6 Å². The van der Waals surface area contributed by atoms with Crippen molar-refractivity contribution in [3.05, 3.63) is 53.1 Å². The third kappa shape index (κ3) is 4.45. The van der Waals surface area contributed by atoms with Gasteiger partial charge in [-0.1, -0.05) is 18.2 Å². The Balaban J connectivity index is 2.00. The summed E-state index contributed by atoms with van der Waals surface area (Å²) in [5, 5.41) is 3.05. The fourth-order valence-electron chi connectivity index (χ4n) is 2.70. The molecule has 5 heteroatoms. The minimum atomic E-state index is -0.130. The number of imidazole rings is 1. The Morgan fingerprint density at radius 1 is 1.29 bits per heavy atom. The van der Waals surface area contributed by atoms with Gasteiger partial charge < -0.3 is 14.6 Å². The fourth-order valence-corrected chi connectivity index (χ4v) is 2.70. The largest absolute Gasteiger partial charge is 0.371 e. The topological polar surface area (TPSA) is 56.2 Å². The zero-order valence-corrected chi connectivity index (χ0v) is 15.2. The molecule has 1 N–H and O–H groups in total. The van der Waals surface area contributed by atoms with Gasteiger partial charge in [0.05, 0.1) is 6.04 Å². The van der Waals surface area contributed by atoms with Crippen LogP contribution in [0.2, 0.25) is 0 Å². The quantitative estimate of drug-likeness (QED) is 0.846. The lowest BCUT2D eigenvalue weighted by atomic mass is 10.0. The average Bonchev–Trinajstić information content (AvgIpc) is 2.98. The van der Waals surface area contributed by atoms with Crippen molar-refractivity contribution in [3.8, 4) is 0 Å². The third-order valence-corrected chi connectivity index (χ3v) is 4.25. The maximum absolute atomic E-state index is 12.4. The van der Waals surface area contributed by atoms with E-state index in [1.54, 1.807) is 6.20 Å². The number of hydrogen-bond donors (Lipinski definition) is 1. The van der Waals surface area contributed by atoms with E-state index in [0.29, 0.717) is 6.61 Å². The molecule has 0 aliphatic rings. The molecule has 1 aromatic carbocycles. The predicted molar refractivity (Wildman–Crippen MR) is 94.7 cm³/mol. The highest BCUT2D eigenvalue weighted by atomic mass is 16.5. The van der Waals surface area contributed by atoms with Crippen molar-refractivity contribution in [3.63, 3.8) is 0 Å². The van der Waals surface area contributed by atoms with Crippen LogP contribution in [0.4, 0.5) is 0 Å². The van der Waals surface area contributed by atoms with Crippen LogP contribution in [0.1, 0.15) is 55.4 Å². The van der Waals surface area contributed by atoms with E-state index in [-0.39, 0.29) is 24.6 Å². The van der Waals surface area contributed by atoms with Gasteiger partial charge in [-0.05, 0) is 51.3 Å². The molecule has 0 aliphatic heterocycles. The Bertz CT molecular complexity index is 694. The molecule has 0 aliphatic carbocycles. The molecule has 0 saturated heterocycles. The summed E-state index contributed by atoms with van der Waals surface area (Å²) in [6.07, 6.45) is 3.38. The third-order valence-electron chi connectivity index (χ3n) is 4.25. The van der Waals surface area contributed by atoms with E-state index in [9.17, 15) is 4.79 Å². The summed E-state index contributed by atoms with van der Waals surface area (Å²) >= 11 is 0.